The Labute approximate surface area is 478 Å². The maximum atomic E-state index is 9.19. The van der Waals surface area contributed by atoms with E-state index >= 15 is 0 Å². The Bertz CT molecular complexity index is 3700. The molecule has 3 aliphatic heterocycles. The molecule has 6 aromatic heterocycles. The summed E-state index contributed by atoms with van der Waals surface area (Å²) < 4.78 is 33.5. The van der Waals surface area contributed by atoms with Crippen molar-refractivity contribution in [3.05, 3.63) is 146 Å². The lowest BCUT2D eigenvalue weighted by atomic mass is 10.2. The van der Waals surface area contributed by atoms with E-state index in [-0.39, 0.29) is 0 Å². The first-order chi connectivity index (χ1) is 40.4. The average Bonchev–Trinajstić information content (AvgIpc) is 3.12. The van der Waals surface area contributed by atoms with Crippen LogP contribution in [0.2, 0.25) is 0 Å². The van der Waals surface area contributed by atoms with Crippen molar-refractivity contribution < 1.29 is 47.3 Å². The third kappa shape index (κ3) is 14.7. The fourth-order valence-electron chi connectivity index (χ4n) is 7.80. The third-order valence-corrected chi connectivity index (χ3v) is 11.5. The van der Waals surface area contributed by atoms with E-state index in [1.54, 1.807) is 12.5 Å². The van der Waals surface area contributed by atoms with Crippen molar-refractivity contribution in [3.63, 3.8) is 0 Å². The Hall–Kier alpha value is -9.51. The van der Waals surface area contributed by atoms with E-state index in [9.17, 15) is 8.42 Å². The van der Waals surface area contributed by atoms with Crippen LogP contribution in [0.4, 0.5) is 69.0 Å². The van der Waals surface area contributed by atoms with E-state index in [4.69, 9.17) is 20.2 Å². The molecule has 0 unspecified atom stereocenters. The molecule has 0 amide bonds. The number of anilines is 12. The largest absolute Gasteiger partial charge is 0.400 e. The fourth-order valence-corrected chi connectivity index (χ4v) is 7.92. The van der Waals surface area contributed by atoms with Gasteiger partial charge in [0, 0.05) is 43.7 Å². The van der Waals surface area contributed by atoms with Crippen LogP contribution in [0.3, 0.4) is 0 Å². The molecule has 9 heterocycles. The molecule has 31 heteroatoms. The van der Waals surface area contributed by atoms with Crippen LogP contribution in [0.25, 0.3) is 67.0 Å². The van der Waals surface area contributed by atoms with Gasteiger partial charge in [0.25, 0.3) is 10.1 Å². The van der Waals surface area contributed by atoms with Gasteiger partial charge in [-0.2, -0.15) is 8.42 Å². The van der Waals surface area contributed by atoms with E-state index in [1.165, 1.54) is 0 Å². The first kappa shape index (κ1) is 58.2. The summed E-state index contributed by atoms with van der Waals surface area (Å²) in [5.74, 6) is 3.98. The van der Waals surface area contributed by atoms with Crippen molar-refractivity contribution in [1.29, 1.82) is 0 Å². The van der Waals surface area contributed by atoms with E-state index in [1.807, 2.05) is 146 Å². The molecule has 0 bridgehead atoms. The zero-order chi connectivity index (χ0) is 58.3. The minimum atomic E-state index is -3.67. The second kappa shape index (κ2) is 27.3. The Morgan fingerprint density at radius 1 is 0.337 bits per heavy atom. The first-order valence-electron chi connectivity index (χ1n) is 24.1. The molecule has 0 saturated heterocycles. The highest BCUT2D eigenvalue weighted by Gasteiger charge is 2.21. The number of rotatable bonds is 4. The van der Waals surface area contributed by atoms with Crippen LogP contribution >= 0.6 is 24.1 Å². The highest BCUT2D eigenvalue weighted by atomic mass is 32.2. The van der Waals surface area contributed by atoms with Crippen molar-refractivity contribution in [2.75, 3.05) is 57.8 Å². The number of aromatic nitrogens is 12. The number of para-hydroxylation sites is 12. The smallest absolute Gasteiger partial charge is 0.261 e. The van der Waals surface area contributed by atoms with Crippen molar-refractivity contribution in [2.45, 2.75) is 0 Å². The number of hydrogen-bond donors (Lipinski definition) is 10. The van der Waals surface area contributed by atoms with Crippen LogP contribution in [-0.4, -0.2) is 114 Å². The number of hydrogen-bond acceptors (Lipinski definition) is 29. The average molecular weight is 1180 g/mol. The fraction of sp³-hybridized carbons (Fsp3) is 0.0769. The molecule has 0 spiro atoms. The highest BCUT2D eigenvalue weighted by Crippen LogP contribution is 2.39. The summed E-state index contributed by atoms with van der Waals surface area (Å²) in [6.45, 7) is 0. The molecule has 83 heavy (non-hydrogen) atoms. The second-order valence-corrected chi connectivity index (χ2v) is 19.0. The highest BCUT2D eigenvalue weighted by molar-refractivity contribution is 7.94. The summed E-state index contributed by atoms with van der Waals surface area (Å²) in [7, 11) is -2.67. The first-order valence-corrected chi connectivity index (χ1v) is 28.2. The predicted molar refractivity (Wildman–Crippen MR) is 319 cm³/mol. The SMILES string of the molecule is CO.CS(=O)(=O)O.CSOOO.CSOOO.c1ccc2c(c1)Nc1nc3nc4ccccc4nc3nc1N2.c1ccc2c(c1)Nc1nc3nc4ccccc4nc3nc1N2.c1ccc2c(c1)Nc1nc3nc4ccccc4nc3nc1N2. The summed E-state index contributed by atoms with van der Waals surface area (Å²) in [6, 6.07) is 46.9. The molecule has 6 aromatic carbocycles. The predicted octanol–water partition coefficient (Wildman–Crippen LogP) is 10.6. The normalized spacial score (nSPS) is 11.6. The van der Waals surface area contributed by atoms with Gasteiger partial charge >= 0.3 is 0 Å². The van der Waals surface area contributed by atoms with Gasteiger partial charge in [-0.3, -0.25) is 4.55 Å². The van der Waals surface area contributed by atoms with E-state index in [2.05, 4.69) is 110 Å². The van der Waals surface area contributed by atoms with E-state index in [0.717, 1.165) is 98.4 Å². The van der Waals surface area contributed by atoms with Gasteiger partial charge in [-0.25, -0.2) is 70.3 Å². The van der Waals surface area contributed by atoms with Crippen molar-refractivity contribution in [3.8, 4) is 0 Å². The maximum Gasteiger partial charge on any atom is 0.261 e. The number of aliphatic hydroxyl groups excluding tert-OH is 1. The van der Waals surface area contributed by atoms with Gasteiger partial charge in [-0.1, -0.05) is 82.9 Å². The Morgan fingerprint density at radius 3 is 0.627 bits per heavy atom. The van der Waals surface area contributed by atoms with Crippen molar-refractivity contribution in [2.24, 2.45) is 0 Å². The minimum Gasteiger partial charge on any atom is -0.400 e. The van der Waals surface area contributed by atoms with Gasteiger partial charge in [0.1, 0.15) is 0 Å². The Morgan fingerprint density at radius 2 is 0.494 bits per heavy atom. The minimum absolute atomic E-state index is 0.533. The molecular formula is C52H46N18O10S3. The summed E-state index contributed by atoms with van der Waals surface area (Å²) in [6.07, 6.45) is 3.96. The number of fused-ring (bicyclic) bond motifs is 12. The molecule has 0 atom stereocenters. The van der Waals surface area contributed by atoms with Gasteiger partial charge in [-0.05, 0) is 72.8 Å². The zero-order valence-electron chi connectivity index (χ0n) is 43.7. The summed E-state index contributed by atoms with van der Waals surface area (Å²) in [4.78, 5) is 54.6. The monoisotopic (exact) mass is 1180 g/mol. The lowest BCUT2D eigenvalue weighted by Gasteiger charge is -2.20. The molecule has 15 rings (SSSR count). The molecule has 0 saturated carbocycles. The van der Waals surface area contributed by atoms with Crippen LogP contribution in [0.15, 0.2) is 146 Å². The molecule has 0 fully saturated rings. The van der Waals surface area contributed by atoms with Gasteiger partial charge in [0.05, 0.1) is 73.5 Å². The summed E-state index contributed by atoms with van der Waals surface area (Å²) in [5, 5.41) is 47.6. The van der Waals surface area contributed by atoms with Crippen molar-refractivity contribution >= 4 is 170 Å². The van der Waals surface area contributed by atoms with Crippen LogP contribution in [0.1, 0.15) is 0 Å². The van der Waals surface area contributed by atoms with Gasteiger partial charge in [0.15, 0.2) is 34.9 Å². The van der Waals surface area contributed by atoms with Crippen LogP contribution in [0.5, 0.6) is 0 Å². The second-order valence-electron chi connectivity index (χ2n) is 16.6. The molecule has 3 aliphatic rings. The third-order valence-electron chi connectivity index (χ3n) is 11.1. The molecular weight excluding hydrogens is 1130 g/mol. The summed E-state index contributed by atoms with van der Waals surface area (Å²) >= 11 is 1.86. The standard InChI is InChI=1S/3C16H10N6.3CH4O3S.CH4O/c3*1-2-6-10-9(5-1)17-13-14(18-10)22-16-15(21-13)19-11-7-3-4-8-12(11)20-16;1-5(2,3)4;2*1-5-4-3-2;1-2/h3*1-8H,(H,17,19,21)(H,18,20,22);1H3,(H,2,3,4);2*2H,1H3;2H,1H3. The maximum absolute atomic E-state index is 9.19. The summed E-state index contributed by atoms with van der Waals surface area (Å²) in [5.41, 5.74) is 13.9. The molecule has 12 aromatic rings. The molecule has 0 aliphatic carbocycles. The number of aliphatic hydroxyl groups is 1. The lowest BCUT2D eigenvalue weighted by molar-refractivity contribution is -0.432. The lowest BCUT2D eigenvalue weighted by Crippen LogP contribution is -2.10. The molecule has 10 N–H and O–H groups in total. The van der Waals surface area contributed by atoms with Crippen LogP contribution in [0, 0.1) is 0 Å². The molecule has 28 nitrogen and oxygen atoms in total. The van der Waals surface area contributed by atoms with Gasteiger partial charge in [0.2, 0.25) is 33.9 Å². The number of nitrogens with one attached hydrogen (secondary N) is 6. The van der Waals surface area contributed by atoms with Gasteiger partial charge < -0.3 is 37.0 Å². The van der Waals surface area contributed by atoms with Crippen LogP contribution in [-0.2, 0) is 28.9 Å². The number of benzene rings is 6. The topological polar surface area (TPSA) is 379 Å². The molecule has 0 radical (unpaired) electrons. The Kier molecular flexibility index (Phi) is 19.1. The zero-order valence-corrected chi connectivity index (χ0v) is 46.1. The van der Waals surface area contributed by atoms with Gasteiger partial charge in [-0.15, -0.1) is 8.67 Å². The number of nitrogens with zero attached hydrogens (tertiary/aromatic N) is 12. The quantitative estimate of drug-likeness (QED) is 0.0257. The van der Waals surface area contributed by atoms with Crippen LogP contribution < -0.4 is 31.9 Å². The Balaban J connectivity index is 0.000000131. The van der Waals surface area contributed by atoms with E-state index in [0.29, 0.717) is 75.0 Å². The van der Waals surface area contributed by atoms with Crippen molar-refractivity contribution in [1.82, 2.24) is 59.8 Å². The van der Waals surface area contributed by atoms with E-state index < -0.39 is 10.1 Å². The molecule has 422 valence electrons.